The second kappa shape index (κ2) is 9.75. The third-order valence-corrected chi connectivity index (χ3v) is 5.18. The van der Waals surface area contributed by atoms with Crippen molar-refractivity contribution in [2.24, 2.45) is 0 Å². The third-order valence-electron chi connectivity index (χ3n) is 5.18. The monoisotopic (exact) mass is 425 g/mol. The number of carboxylic acids is 1. The van der Waals surface area contributed by atoms with E-state index in [0.29, 0.717) is 12.1 Å². The summed E-state index contributed by atoms with van der Waals surface area (Å²) in [6.07, 6.45) is 4.71. The maximum Gasteiger partial charge on any atom is 0.337 e. The number of amides is 1. The molecular weight excluding hydrogens is 402 g/mol. The van der Waals surface area contributed by atoms with E-state index >= 15 is 0 Å². The molecule has 0 bridgehead atoms. The molecule has 0 aliphatic heterocycles. The fourth-order valence-electron chi connectivity index (χ4n) is 3.48. The molecule has 1 amide bonds. The molecule has 6 nitrogen and oxygen atoms in total. The molecule has 0 aliphatic rings. The van der Waals surface area contributed by atoms with E-state index in [1.807, 2.05) is 59.5 Å². The molecule has 4 rings (SSSR count). The Kier molecular flexibility index (Phi) is 6.41. The van der Waals surface area contributed by atoms with Crippen molar-refractivity contribution in [2.75, 3.05) is 5.32 Å². The highest BCUT2D eigenvalue weighted by Crippen LogP contribution is 2.21. The van der Waals surface area contributed by atoms with Crippen LogP contribution in [-0.2, 0) is 17.8 Å². The van der Waals surface area contributed by atoms with E-state index in [-0.39, 0.29) is 17.9 Å². The van der Waals surface area contributed by atoms with Gasteiger partial charge >= 0.3 is 5.97 Å². The van der Waals surface area contributed by atoms with Crippen molar-refractivity contribution in [3.05, 3.63) is 108 Å². The molecule has 0 radical (unpaired) electrons. The average molecular weight is 425 g/mol. The van der Waals surface area contributed by atoms with Gasteiger partial charge in [0.05, 0.1) is 24.0 Å². The van der Waals surface area contributed by atoms with Crippen LogP contribution in [0.3, 0.4) is 0 Å². The van der Waals surface area contributed by atoms with E-state index in [0.717, 1.165) is 23.2 Å². The molecule has 0 spiro atoms. The first kappa shape index (κ1) is 21.1. The number of nitrogens with one attached hydrogen (secondary N) is 1. The van der Waals surface area contributed by atoms with Gasteiger partial charge in [0.1, 0.15) is 0 Å². The van der Waals surface area contributed by atoms with Gasteiger partial charge in [0.15, 0.2) is 0 Å². The molecular formula is C26H23N3O3. The van der Waals surface area contributed by atoms with E-state index < -0.39 is 5.97 Å². The number of para-hydroxylation sites is 1. The van der Waals surface area contributed by atoms with Crippen LogP contribution in [0.1, 0.15) is 27.9 Å². The van der Waals surface area contributed by atoms with Gasteiger partial charge in [0.25, 0.3) is 0 Å². The van der Waals surface area contributed by atoms with Gasteiger partial charge in [-0.3, -0.25) is 9.48 Å². The van der Waals surface area contributed by atoms with Gasteiger partial charge in [-0.1, -0.05) is 66.7 Å². The summed E-state index contributed by atoms with van der Waals surface area (Å²) in [7, 11) is 0. The van der Waals surface area contributed by atoms with Crippen molar-refractivity contribution in [3.63, 3.8) is 0 Å². The molecule has 1 aromatic heterocycles. The van der Waals surface area contributed by atoms with Gasteiger partial charge in [0.2, 0.25) is 5.91 Å². The lowest BCUT2D eigenvalue weighted by Gasteiger charge is -2.08. The molecule has 0 atom stereocenters. The van der Waals surface area contributed by atoms with Crippen molar-refractivity contribution >= 4 is 17.6 Å². The van der Waals surface area contributed by atoms with Gasteiger partial charge in [-0.25, -0.2) is 4.79 Å². The number of carbonyl (C=O) groups excluding carboxylic acids is 1. The summed E-state index contributed by atoms with van der Waals surface area (Å²) < 4.78 is 1.91. The zero-order chi connectivity index (χ0) is 22.3. The van der Waals surface area contributed by atoms with Crippen molar-refractivity contribution in [1.29, 1.82) is 0 Å². The van der Waals surface area contributed by atoms with Gasteiger partial charge < -0.3 is 10.4 Å². The highest BCUT2D eigenvalue weighted by Gasteiger charge is 2.12. The summed E-state index contributed by atoms with van der Waals surface area (Å²) in [6, 6.07) is 24.6. The number of anilines is 1. The number of aryl methyl sites for hydroxylation is 1. The molecule has 32 heavy (non-hydrogen) atoms. The van der Waals surface area contributed by atoms with E-state index in [4.69, 9.17) is 0 Å². The number of hydrogen-bond acceptors (Lipinski definition) is 3. The molecule has 160 valence electrons. The van der Waals surface area contributed by atoms with Crippen LogP contribution >= 0.6 is 0 Å². The van der Waals surface area contributed by atoms with E-state index in [1.54, 1.807) is 18.2 Å². The minimum Gasteiger partial charge on any atom is -0.478 e. The smallest absolute Gasteiger partial charge is 0.337 e. The highest BCUT2D eigenvalue weighted by atomic mass is 16.4. The number of aromatic carboxylic acids is 1. The van der Waals surface area contributed by atoms with Crippen LogP contribution in [0, 0.1) is 0 Å². The first-order chi connectivity index (χ1) is 15.6. The van der Waals surface area contributed by atoms with E-state index in [2.05, 4.69) is 22.5 Å². The van der Waals surface area contributed by atoms with Crippen molar-refractivity contribution in [1.82, 2.24) is 9.78 Å². The lowest BCUT2D eigenvalue weighted by Crippen LogP contribution is -2.15. The number of nitrogens with zero attached hydrogens (tertiary/aromatic N) is 2. The molecule has 6 heteroatoms. The van der Waals surface area contributed by atoms with Gasteiger partial charge in [0, 0.05) is 18.2 Å². The predicted octanol–water partition coefficient (Wildman–Crippen LogP) is 4.87. The topological polar surface area (TPSA) is 84.2 Å². The van der Waals surface area contributed by atoms with E-state index in [9.17, 15) is 14.7 Å². The number of hydrogen-bond donors (Lipinski definition) is 2. The summed E-state index contributed by atoms with van der Waals surface area (Å²) in [5, 5.41) is 16.4. The molecule has 0 saturated carbocycles. The van der Waals surface area contributed by atoms with E-state index in [1.165, 1.54) is 11.6 Å². The first-order valence-corrected chi connectivity index (χ1v) is 10.4. The zero-order valence-corrected chi connectivity index (χ0v) is 17.4. The number of aromatic nitrogens is 2. The Hall–Kier alpha value is -4.19. The summed E-state index contributed by atoms with van der Waals surface area (Å²) in [4.78, 5) is 23.6. The zero-order valence-electron chi connectivity index (χ0n) is 17.4. The molecule has 2 N–H and O–H groups in total. The predicted molar refractivity (Wildman–Crippen MR) is 124 cm³/mol. The number of carboxylic acid groups (broad SMARTS) is 1. The largest absolute Gasteiger partial charge is 0.478 e. The Morgan fingerprint density at radius 2 is 1.56 bits per heavy atom. The maximum atomic E-state index is 12.3. The van der Waals surface area contributed by atoms with Crippen LogP contribution < -0.4 is 5.32 Å². The van der Waals surface area contributed by atoms with Crippen molar-refractivity contribution in [3.8, 4) is 11.1 Å². The quantitative estimate of drug-likeness (QED) is 0.422. The fraction of sp³-hybridized carbons (Fsp3) is 0.115. The van der Waals surface area contributed by atoms with Crippen LogP contribution in [-0.4, -0.2) is 26.8 Å². The van der Waals surface area contributed by atoms with Crippen LogP contribution in [0.5, 0.6) is 0 Å². The van der Waals surface area contributed by atoms with Crippen LogP contribution in [0.2, 0.25) is 0 Å². The van der Waals surface area contributed by atoms with Gasteiger partial charge in [-0.15, -0.1) is 0 Å². The minimum absolute atomic E-state index is 0.0815. The number of rotatable bonds is 8. The SMILES string of the molecule is O=C(CCc1ccc(-c2cnn(Cc3ccccc3)c2)cc1)Nc1ccccc1C(=O)O. The summed E-state index contributed by atoms with van der Waals surface area (Å²) in [6.45, 7) is 0.721. The van der Waals surface area contributed by atoms with Crippen LogP contribution in [0.15, 0.2) is 91.3 Å². The molecule has 1 heterocycles. The second-order valence-electron chi connectivity index (χ2n) is 7.51. The average Bonchev–Trinajstić information content (AvgIpc) is 3.27. The molecule has 0 aliphatic carbocycles. The molecule has 0 unspecified atom stereocenters. The van der Waals surface area contributed by atoms with Crippen molar-refractivity contribution < 1.29 is 14.7 Å². The molecule has 0 fully saturated rings. The molecule has 3 aromatic carbocycles. The minimum atomic E-state index is -1.07. The lowest BCUT2D eigenvalue weighted by molar-refractivity contribution is -0.116. The first-order valence-electron chi connectivity index (χ1n) is 10.4. The maximum absolute atomic E-state index is 12.3. The Labute approximate surface area is 186 Å². The van der Waals surface area contributed by atoms with Crippen LogP contribution in [0.4, 0.5) is 5.69 Å². The highest BCUT2D eigenvalue weighted by molar-refractivity contribution is 6.00. The third kappa shape index (κ3) is 5.29. The number of benzene rings is 3. The Morgan fingerprint density at radius 1 is 0.844 bits per heavy atom. The summed E-state index contributed by atoms with van der Waals surface area (Å²) in [5.74, 6) is -1.28. The standard InChI is InChI=1S/C26H23N3O3/c30-25(28-24-9-5-4-8-23(24)26(31)32)15-12-19-10-13-21(14-11-19)22-16-27-29(18-22)17-20-6-2-1-3-7-20/h1-11,13-14,16,18H,12,15,17H2,(H,28,30)(H,31,32). The molecule has 4 aromatic rings. The van der Waals surface area contributed by atoms with Gasteiger partial charge in [-0.2, -0.15) is 5.10 Å². The molecule has 0 saturated heterocycles. The Bertz CT molecular complexity index is 1210. The van der Waals surface area contributed by atoms with Gasteiger partial charge in [-0.05, 0) is 35.2 Å². The fourth-order valence-corrected chi connectivity index (χ4v) is 3.48. The van der Waals surface area contributed by atoms with Crippen LogP contribution in [0.25, 0.3) is 11.1 Å². The lowest BCUT2D eigenvalue weighted by atomic mass is 10.0. The normalized spacial score (nSPS) is 10.6. The number of carbonyl (C=O) groups is 2. The summed E-state index contributed by atoms with van der Waals surface area (Å²) in [5.41, 5.74) is 4.73. The summed E-state index contributed by atoms with van der Waals surface area (Å²) >= 11 is 0. The Balaban J connectivity index is 1.33. The second-order valence-corrected chi connectivity index (χ2v) is 7.51. The Morgan fingerprint density at radius 3 is 2.31 bits per heavy atom. The van der Waals surface area contributed by atoms with Crippen molar-refractivity contribution in [2.45, 2.75) is 19.4 Å².